The lowest BCUT2D eigenvalue weighted by Crippen LogP contribution is -2.51. The van der Waals surface area contributed by atoms with Gasteiger partial charge in [-0.05, 0) is 55.6 Å². The maximum absolute atomic E-state index is 13.8. The summed E-state index contributed by atoms with van der Waals surface area (Å²) < 4.78 is 16.3. The number of methoxy groups -OCH3 is 1. The Morgan fingerprint density at radius 1 is 0.836 bits per heavy atom. The molecule has 0 aliphatic carbocycles. The third-order valence-corrected chi connectivity index (χ3v) is 11.3. The van der Waals surface area contributed by atoms with Crippen molar-refractivity contribution in [2.24, 2.45) is 11.8 Å². The molecular formula is C42H53N7O6. The maximum atomic E-state index is 13.8. The van der Waals surface area contributed by atoms with Gasteiger partial charge in [0.15, 0.2) is 0 Å². The number of likely N-dealkylation sites (tertiary alicyclic amines) is 1. The van der Waals surface area contributed by atoms with Crippen LogP contribution in [0.15, 0.2) is 54.7 Å². The highest BCUT2D eigenvalue weighted by atomic mass is 16.5. The van der Waals surface area contributed by atoms with Crippen LogP contribution in [0.1, 0.15) is 82.3 Å². The van der Waals surface area contributed by atoms with Crippen molar-refractivity contribution in [3.05, 3.63) is 72.1 Å². The zero-order chi connectivity index (χ0) is 38.5. The Kier molecular flexibility index (Phi) is 12.0. The number of nitrogens with zero attached hydrogens (tertiary/aromatic N) is 4. The largest absolute Gasteiger partial charge is 0.453 e. The van der Waals surface area contributed by atoms with Gasteiger partial charge in [-0.15, -0.1) is 0 Å². The van der Waals surface area contributed by atoms with Gasteiger partial charge in [-0.25, -0.2) is 14.8 Å². The van der Waals surface area contributed by atoms with Gasteiger partial charge in [-0.1, -0.05) is 69.3 Å². The predicted octanol–water partition coefficient (Wildman–Crippen LogP) is 6.46. The Hall–Kier alpha value is -5.01. The van der Waals surface area contributed by atoms with Crippen LogP contribution in [0.2, 0.25) is 0 Å². The van der Waals surface area contributed by atoms with E-state index in [0.717, 1.165) is 96.1 Å². The zero-order valence-corrected chi connectivity index (χ0v) is 32.3. The molecule has 3 aliphatic heterocycles. The number of fused-ring (bicyclic) bond motifs is 4. The minimum Gasteiger partial charge on any atom is -0.453 e. The van der Waals surface area contributed by atoms with E-state index < -0.39 is 12.1 Å². The molecule has 2 aromatic carbocycles. The second kappa shape index (κ2) is 17.2. The quantitative estimate of drug-likeness (QED) is 0.195. The van der Waals surface area contributed by atoms with Crippen LogP contribution in [0.3, 0.4) is 0 Å². The van der Waals surface area contributed by atoms with Crippen molar-refractivity contribution in [1.82, 2.24) is 35.1 Å². The molecule has 2 fully saturated rings. The van der Waals surface area contributed by atoms with Crippen LogP contribution in [0.5, 0.6) is 0 Å². The van der Waals surface area contributed by atoms with Crippen LogP contribution in [0.25, 0.3) is 33.6 Å². The highest BCUT2D eigenvalue weighted by Gasteiger charge is 2.38. The molecule has 0 radical (unpaired) electrons. The third kappa shape index (κ3) is 8.47. The maximum Gasteiger partial charge on any atom is 0.407 e. The van der Waals surface area contributed by atoms with Crippen molar-refractivity contribution in [3.8, 4) is 33.6 Å². The Morgan fingerprint density at radius 3 is 2.24 bits per heavy atom. The van der Waals surface area contributed by atoms with E-state index in [1.54, 1.807) is 4.90 Å². The summed E-state index contributed by atoms with van der Waals surface area (Å²) in [6.45, 7) is 8.83. The SMILES string of the molecule is COC(=O)N[C@H]1COCCOCCCc2[nH]c(nc2-c2ccc(-c3ccc(-c4c[nH]c([C@@H]5CCCN5C(=O)[C@@H](C)C(C)C)n4)cc3)cc2)[C@@H]2CCCN2C1=O. The number of alkyl carbamates (subject to hydrolysis) is 1. The van der Waals surface area contributed by atoms with Gasteiger partial charge in [-0.2, -0.15) is 0 Å². The number of hydrogen-bond acceptors (Lipinski definition) is 8. The fourth-order valence-corrected chi connectivity index (χ4v) is 7.84. The van der Waals surface area contributed by atoms with Gasteiger partial charge in [0.1, 0.15) is 17.7 Å². The number of benzene rings is 2. The zero-order valence-electron chi connectivity index (χ0n) is 32.3. The summed E-state index contributed by atoms with van der Waals surface area (Å²) in [4.78, 5) is 59.9. The van der Waals surface area contributed by atoms with E-state index in [9.17, 15) is 14.4 Å². The molecular weight excluding hydrogens is 699 g/mol. The summed E-state index contributed by atoms with van der Waals surface area (Å²) >= 11 is 0. The minimum atomic E-state index is -0.885. The lowest BCUT2D eigenvalue weighted by atomic mass is 9.96. The lowest BCUT2D eigenvalue weighted by molar-refractivity contribution is -0.137. The summed E-state index contributed by atoms with van der Waals surface area (Å²) in [5.41, 5.74) is 6.90. The van der Waals surface area contributed by atoms with E-state index in [4.69, 9.17) is 24.2 Å². The molecule has 55 heavy (non-hydrogen) atoms. The van der Waals surface area contributed by atoms with Gasteiger partial charge in [0.25, 0.3) is 0 Å². The van der Waals surface area contributed by atoms with Gasteiger partial charge in [-0.3, -0.25) is 9.59 Å². The van der Waals surface area contributed by atoms with Crippen molar-refractivity contribution in [3.63, 3.8) is 0 Å². The van der Waals surface area contributed by atoms with Gasteiger partial charge < -0.3 is 39.3 Å². The second-order valence-corrected chi connectivity index (χ2v) is 15.2. The average molecular weight is 752 g/mol. The average Bonchev–Trinajstić information content (AvgIpc) is 4.04. The number of rotatable bonds is 7. The number of amides is 3. The smallest absolute Gasteiger partial charge is 0.407 e. The number of aryl methyl sites for hydroxylation is 1. The summed E-state index contributed by atoms with van der Waals surface area (Å²) in [5, 5.41) is 2.65. The van der Waals surface area contributed by atoms with Crippen molar-refractivity contribution >= 4 is 17.9 Å². The number of ether oxygens (including phenoxy) is 3. The van der Waals surface area contributed by atoms with Crippen LogP contribution >= 0.6 is 0 Å². The predicted molar refractivity (Wildman–Crippen MR) is 208 cm³/mol. The molecule has 2 aromatic heterocycles. The topological polar surface area (TPSA) is 155 Å². The van der Waals surface area contributed by atoms with Crippen LogP contribution in [-0.4, -0.2) is 100 Å². The monoisotopic (exact) mass is 751 g/mol. The lowest BCUT2D eigenvalue weighted by Gasteiger charge is -2.28. The summed E-state index contributed by atoms with van der Waals surface area (Å²) in [6.07, 6.45) is 6.28. The highest BCUT2D eigenvalue weighted by Crippen LogP contribution is 2.36. The first kappa shape index (κ1) is 38.3. The van der Waals surface area contributed by atoms with E-state index in [-0.39, 0.29) is 36.4 Å². The van der Waals surface area contributed by atoms with Crippen LogP contribution in [-0.2, 0) is 30.2 Å². The van der Waals surface area contributed by atoms with Gasteiger partial charge in [0.05, 0.1) is 50.4 Å². The molecule has 7 rings (SSSR count). The molecule has 2 saturated heterocycles. The Balaban J connectivity index is 1.08. The van der Waals surface area contributed by atoms with Crippen LogP contribution in [0, 0.1) is 11.8 Å². The molecule has 4 aromatic rings. The number of aromatic nitrogens is 4. The molecule has 292 valence electrons. The fourth-order valence-electron chi connectivity index (χ4n) is 7.84. The number of nitrogens with one attached hydrogen (secondary N) is 3. The number of H-pyrrole nitrogens is 2. The number of carbonyl (C=O) groups excluding carboxylic acids is 3. The van der Waals surface area contributed by atoms with Gasteiger partial charge in [0.2, 0.25) is 11.8 Å². The molecule has 13 heteroatoms. The van der Waals surface area contributed by atoms with E-state index in [2.05, 4.69) is 77.7 Å². The number of imidazole rings is 2. The van der Waals surface area contributed by atoms with E-state index in [0.29, 0.717) is 32.3 Å². The Labute approximate surface area is 322 Å². The molecule has 3 N–H and O–H groups in total. The Morgan fingerprint density at radius 2 is 1.51 bits per heavy atom. The molecule has 3 amide bonds. The number of carbonyl (C=O) groups is 3. The van der Waals surface area contributed by atoms with Crippen molar-refractivity contribution in [1.29, 1.82) is 0 Å². The van der Waals surface area contributed by atoms with E-state index >= 15 is 0 Å². The van der Waals surface area contributed by atoms with Crippen molar-refractivity contribution in [2.75, 3.05) is 46.6 Å². The number of aromatic amines is 2. The van der Waals surface area contributed by atoms with Gasteiger partial charge >= 0.3 is 6.09 Å². The summed E-state index contributed by atoms with van der Waals surface area (Å²) in [7, 11) is 1.27. The molecule has 5 heterocycles. The fraction of sp³-hybridized carbons (Fsp3) is 0.500. The van der Waals surface area contributed by atoms with Crippen LogP contribution < -0.4 is 5.32 Å². The highest BCUT2D eigenvalue weighted by molar-refractivity contribution is 5.86. The summed E-state index contributed by atoms with van der Waals surface area (Å²) in [6, 6.07) is 15.7. The first-order chi connectivity index (χ1) is 26.7. The molecule has 2 bridgehead atoms. The molecule has 3 aliphatic rings. The minimum absolute atomic E-state index is 0.0165. The molecule has 4 atom stereocenters. The van der Waals surface area contributed by atoms with Crippen molar-refractivity contribution in [2.45, 2.75) is 77.4 Å². The van der Waals surface area contributed by atoms with E-state index in [1.165, 1.54) is 7.11 Å². The van der Waals surface area contributed by atoms with Gasteiger partial charge in [0, 0.05) is 48.6 Å². The molecule has 13 nitrogen and oxygen atoms in total. The molecule has 0 saturated carbocycles. The van der Waals surface area contributed by atoms with Crippen LogP contribution in [0.4, 0.5) is 4.79 Å². The number of hydrogen-bond donors (Lipinski definition) is 3. The first-order valence-corrected chi connectivity index (χ1v) is 19.7. The van der Waals surface area contributed by atoms with Crippen molar-refractivity contribution < 1.29 is 28.6 Å². The van der Waals surface area contributed by atoms with E-state index in [1.807, 2.05) is 18.0 Å². The summed E-state index contributed by atoms with van der Waals surface area (Å²) in [5.74, 6) is 1.85. The first-order valence-electron chi connectivity index (χ1n) is 19.7. The Bertz CT molecular complexity index is 1940. The standard InChI is InChI=1S/C42H53N7O6/c1-26(2)27(3)40(50)48-19-5-9-35(48)38-43-24-33(45-38)30-15-11-28(12-16-30)29-13-17-31(18-14-29)37-32-8-7-21-54-22-23-55-25-34(46-42(52)53-4)41(51)49-20-6-10-36(49)39(44-32)47-37/h11-18,24,26-27,34-36H,5-10,19-23,25H2,1-4H3,(H,43,45)(H,44,47)(H,46,52)/t27-,34-,35-,36-/m0/s1. The second-order valence-electron chi connectivity index (χ2n) is 15.2. The molecule has 0 spiro atoms. The molecule has 0 unspecified atom stereocenters. The third-order valence-electron chi connectivity index (χ3n) is 11.3. The normalized spacial score (nSPS) is 21.5.